The lowest BCUT2D eigenvalue weighted by atomic mass is 10.2. The maximum absolute atomic E-state index is 11.9. The molecular weight excluding hydrogens is 203 g/mol. The van der Waals surface area contributed by atoms with Gasteiger partial charge in [0.15, 0.2) is 0 Å². The summed E-state index contributed by atoms with van der Waals surface area (Å²) in [4.78, 5) is 3.72. The molecule has 1 aromatic rings. The van der Waals surface area contributed by atoms with E-state index in [0.29, 0.717) is 5.69 Å². The van der Waals surface area contributed by atoms with E-state index in [-0.39, 0.29) is 11.6 Å². The third-order valence-corrected chi connectivity index (χ3v) is 1.66. The van der Waals surface area contributed by atoms with Gasteiger partial charge in [0, 0.05) is 5.69 Å². The lowest BCUT2D eigenvalue weighted by molar-refractivity contribution is -0.127. The Morgan fingerprint density at radius 3 is 2.38 bits per heavy atom. The Hall–Kier alpha value is -0.770. The number of nitrogens with zero attached hydrogens (tertiary/aromatic N) is 1. The van der Waals surface area contributed by atoms with Gasteiger partial charge in [0.25, 0.3) is 0 Å². The van der Waals surface area contributed by atoms with Crippen molar-refractivity contribution in [2.75, 3.05) is 0 Å². The standard InChI is InChI=1S/C8H7ClF3N/c9-5-7-3-1-2-6(13-7)4-8(10,11)12/h1-3H,4-5H2. The highest BCUT2D eigenvalue weighted by Crippen LogP contribution is 2.20. The van der Waals surface area contributed by atoms with Crippen LogP contribution >= 0.6 is 11.6 Å². The molecule has 0 spiro atoms. The molecule has 0 amide bonds. The summed E-state index contributed by atoms with van der Waals surface area (Å²) in [6, 6.07) is 4.45. The summed E-state index contributed by atoms with van der Waals surface area (Å²) in [5.74, 6) is 0.131. The van der Waals surface area contributed by atoms with Crippen LogP contribution in [0.4, 0.5) is 13.2 Å². The van der Waals surface area contributed by atoms with Gasteiger partial charge in [-0.15, -0.1) is 11.6 Å². The number of alkyl halides is 4. The average molecular weight is 210 g/mol. The zero-order valence-corrected chi connectivity index (χ0v) is 7.36. The second kappa shape index (κ2) is 3.96. The van der Waals surface area contributed by atoms with Crippen LogP contribution in [0.2, 0.25) is 0 Å². The Morgan fingerprint density at radius 2 is 1.85 bits per heavy atom. The van der Waals surface area contributed by atoms with Crippen LogP contribution in [0.25, 0.3) is 0 Å². The first-order valence-corrected chi connectivity index (χ1v) is 4.12. The average Bonchev–Trinajstić information content (AvgIpc) is 2.01. The first-order chi connectivity index (χ1) is 6.01. The van der Waals surface area contributed by atoms with Crippen molar-refractivity contribution < 1.29 is 13.2 Å². The van der Waals surface area contributed by atoms with E-state index < -0.39 is 12.6 Å². The number of hydrogen-bond acceptors (Lipinski definition) is 1. The molecule has 0 bridgehead atoms. The van der Waals surface area contributed by atoms with Gasteiger partial charge in [-0.05, 0) is 12.1 Å². The molecule has 0 atom stereocenters. The van der Waals surface area contributed by atoms with Crippen LogP contribution in [0.1, 0.15) is 11.4 Å². The Balaban J connectivity index is 2.78. The van der Waals surface area contributed by atoms with Crippen molar-refractivity contribution in [1.29, 1.82) is 0 Å². The van der Waals surface area contributed by atoms with Crippen LogP contribution in [0.15, 0.2) is 18.2 Å². The van der Waals surface area contributed by atoms with Gasteiger partial charge < -0.3 is 0 Å². The molecule has 0 fully saturated rings. The Kier molecular flexibility index (Phi) is 3.14. The highest BCUT2D eigenvalue weighted by molar-refractivity contribution is 6.16. The largest absolute Gasteiger partial charge is 0.394 e. The van der Waals surface area contributed by atoms with Crippen molar-refractivity contribution >= 4 is 11.6 Å². The van der Waals surface area contributed by atoms with Gasteiger partial charge in [0.1, 0.15) is 0 Å². The minimum Gasteiger partial charge on any atom is -0.256 e. The first-order valence-electron chi connectivity index (χ1n) is 3.59. The van der Waals surface area contributed by atoms with Crippen molar-refractivity contribution in [3.05, 3.63) is 29.6 Å². The van der Waals surface area contributed by atoms with Gasteiger partial charge in [-0.2, -0.15) is 13.2 Å². The molecule has 5 heteroatoms. The van der Waals surface area contributed by atoms with Gasteiger partial charge in [-0.25, -0.2) is 0 Å². The van der Waals surface area contributed by atoms with E-state index in [1.807, 2.05) is 0 Å². The quantitative estimate of drug-likeness (QED) is 0.683. The highest BCUT2D eigenvalue weighted by Gasteiger charge is 2.28. The molecule has 1 aromatic heterocycles. The monoisotopic (exact) mass is 209 g/mol. The van der Waals surface area contributed by atoms with Gasteiger partial charge >= 0.3 is 6.18 Å². The molecule has 0 aromatic carbocycles. The third kappa shape index (κ3) is 3.63. The summed E-state index contributed by atoms with van der Waals surface area (Å²) in [6.07, 6.45) is -5.21. The van der Waals surface area contributed by atoms with E-state index in [2.05, 4.69) is 4.98 Å². The zero-order valence-electron chi connectivity index (χ0n) is 6.61. The fourth-order valence-corrected chi connectivity index (χ4v) is 1.06. The molecule has 13 heavy (non-hydrogen) atoms. The van der Waals surface area contributed by atoms with Crippen LogP contribution < -0.4 is 0 Å². The molecule has 0 aliphatic heterocycles. The van der Waals surface area contributed by atoms with E-state index in [9.17, 15) is 13.2 Å². The molecule has 0 saturated carbocycles. The second-order valence-corrected chi connectivity index (χ2v) is 2.81. The van der Waals surface area contributed by atoms with E-state index in [4.69, 9.17) is 11.6 Å². The fourth-order valence-electron chi connectivity index (χ4n) is 0.908. The number of pyridine rings is 1. The Labute approximate surface area is 78.5 Å². The van der Waals surface area contributed by atoms with E-state index >= 15 is 0 Å². The molecule has 0 unspecified atom stereocenters. The smallest absolute Gasteiger partial charge is 0.256 e. The van der Waals surface area contributed by atoms with E-state index in [1.165, 1.54) is 12.1 Å². The maximum atomic E-state index is 11.9. The molecule has 1 rings (SSSR count). The predicted molar refractivity (Wildman–Crippen MR) is 43.6 cm³/mol. The van der Waals surface area contributed by atoms with Crippen LogP contribution in [0, 0.1) is 0 Å². The third-order valence-electron chi connectivity index (χ3n) is 1.38. The summed E-state index contributed by atoms with van der Waals surface area (Å²) < 4.78 is 35.7. The van der Waals surface area contributed by atoms with E-state index in [1.54, 1.807) is 6.07 Å². The SMILES string of the molecule is FC(F)(F)Cc1cccc(CCl)n1. The number of halogens is 4. The fraction of sp³-hybridized carbons (Fsp3) is 0.375. The summed E-state index contributed by atoms with van der Waals surface area (Å²) in [7, 11) is 0. The lowest BCUT2D eigenvalue weighted by Crippen LogP contribution is -2.13. The topological polar surface area (TPSA) is 12.9 Å². The molecule has 1 nitrogen and oxygen atoms in total. The summed E-state index contributed by atoms with van der Waals surface area (Å²) in [5, 5.41) is 0. The van der Waals surface area contributed by atoms with Crippen molar-refractivity contribution in [1.82, 2.24) is 4.98 Å². The number of hydrogen-bond donors (Lipinski definition) is 0. The van der Waals surface area contributed by atoms with Gasteiger partial charge in [-0.3, -0.25) is 4.98 Å². The van der Waals surface area contributed by atoms with Crippen molar-refractivity contribution in [3.63, 3.8) is 0 Å². The first kappa shape index (κ1) is 10.3. The molecular formula is C8H7ClF3N. The van der Waals surface area contributed by atoms with Crippen LogP contribution in [-0.4, -0.2) is 11.2 Å². The molecule has 0 aliphatic rings. The van der Waals surface area contributed by atoms with Crippen LogP contribution in [0.5, 0.6) is 0 Å². The Morgan fingerprint density at radius 1 is 1.23 bits per heavy atom. The lowest BCUT2D eigenvalue weighted by Gasteiger charge is -2.05. The van der Waals surface area contributed by atoms with Gasteiger partial charge in [-0.1, -0.05) is 6.07 Å². The van der Waals surface area contributed by atoms with Crippen LogP contribution in [0.3, 0.4) is 0 Å². The molecule has 0 saturated heterocycles. The molecule has 0 aliphatic carbocycles. The second-order valence-electron chi connectivity index (χ2n) is 2.55. The minimum absolute atomic E-state index is 0.00523. The maximum Gasteiger partial charge on any atom is 0.394 e. The van der Waals surface area contributed by atoms with Crippen molar-refractivity contribution in [3.8, 4) is 0 Å². The van der Waals surface area contributed by atoms with E-state index in [0.717, 1.165) is 0 Å². The normalized spacial score (nSPS) is 11.7. The summed E-state index contributed by atoms with van der Waals surface area (Å²) >= 11 is 5.43. The number of rotatable bonds is 2. The molecule has 72 valence electrons. The van der Waals surface area contributed by atoms with Crippen molar-refractivity contribution in [2.24, 2.45) is 0 Å². The van der Waals surface area contributed by atoms with Crippen molar-refractivity contribution in [2.45, 2.75) is 18.5 Å². The predicted octanol–water partition coefficient (Wildman–Crippen LogP) is 2.93. The molecule has 1 heterocycles. The molecule has 0 radical (unpaired) electrons. The minimum atomic E-state index is -4.21. The summed E-state index contributed by atoms with van der Waals surface area (Å²) in [6.45, 7) is 0. The highest BCUT2D eigenvalue weighted by atomic mass is 35.5. The van der Waals surface area contributed by atoms with Gasteiger partial charge in [0.05, 0.1) is 18.0 Å². The molecule has 0 N–H and O–H groups in total. The number of aromatic nitrogens is 1. The zero-order chi connectivity index (χ0) is 9.90. The summed E-state index contributed by atoms with van der Waals surface area (Å²) in [5.41, 5.74) is 0.467. The van der Waals surface area contributed by atoms with Gasteiger partial charge in [0.2, 0.25) is 0 Å². The van der Waals surface area contributed by atoms with Crippen LogP contribution in [-0.2, 0) is 12.3 Å². The Bertz CT molecular complexity index is 285.